The van der Waals surface area contributed by atoms with Crippen molar-refractivity contribution in [2.45, 2.75) is 44.0 Å². The first-order valence-corrected chi connectivity index (χ1v) is 5.59. The summed E-state index contributed by atoms with van der Waals surface area (Å²) in [5.41, 5.74) is 0.435. The van der Waals surface area contributed by atoms with Crippen LogP contribution < -0.4 is 0 Å². The van der Waals surface area contributed by atoms with Crippen LogP contribution in [0.3, 0.4) is 0 Å². The zero-order valence-corrected chi connectivity index (χ0v) is 9.14. The van der Waals surface area contributed by atoms with E-state index in [1.165, 1.54) is 0 Å². The average Bonchev–Trinajstić information content (AvgIpc) is 2.19. The van der Waals surface area contributed by atoms with Crippen LogP contribution in [0.1, 0.15) is 32.6 Å². The third-order valence-corrected chi connectivity index (χ3v) is 3.12. The van der Waals surface area contributed by atoms with Crippen LogP contribution in [0.15, 0.2) is 12.2 Å². The van der Waals surface area contributed by atoms with Gasteiger partial charge in [0.1, 0.15) is 6.10 Å². The molecule has 0 amide bonds. The summed E-state index contributed by atoms with van der Waals surface area (Å²) in [5, 5.41) is 0.204. The van der Waals surface area contributed by atoms with Gasteiger partial charge in [0, 0.05) is 22.6 Å². The fourth-order valence-corrected chi connectivity index (χ4v) is 1.96. The maximum Gasteiger partial charge on any atom is 0.462 e. The van der Waals surface area contributed by atoms with Crippen molar-refractivity contribution in [3.63, 3.8) is 0 Å². The van der Waals surface area contributed by atoms with E-state index in [9.17, 15) is 9.00 Å². The van der Waals surface area contributed by atoms with Crippen molar-refractivity contribution in [3.8, 4) is 0 Å². The monoisotopic (exact) mass is 215 g/mol. The Morgan fingerprint density at radius 2 is 1.93 bits per heavy atom. The molecule has 0 saturated heterocycles. The molecule has 0 aliphatic heterocycles. The summed E-state index contributed by atoms with van der Waals surface area (Å²) in [5.74, 6) is -0.316. The van der Waals surface area contributed by atoms with Crippen LogP contribution in [0.25, 0.3) is 0 Å². The van der Waals surface area contributed by atoms with Gasteiger partial charge in [0.15, 0.2) is 0 Å². The molecule has 0 aromatic rings. The molecule has 4 heteroatoms. The Kier molecular flexibility index (Phi) is 4.20. The largest absolute Gasteiger partial charge is 0.462 e. The number of esters is 1. The molecule has 0 spiro atoms. The summed E-state index contributed by atoms with van der Waals surface area (Å²) in [6, 6.07) is 0. The average molecular weight is 215 g/mol. The highest BCUT2D eigenvalue weighted by Gasteiger charge is 2.31. The van der Waals surface area contributed by atoms with E-state index in [-0.39, 0.29) is 17.3 Å². The summed E-state index contributed by atoms with van der Waals surface area (Å²) in [6.07, 6.45) is 3.30. The molecule has 1 fully saturated rings. The molecule has 0 atom stereocenters. The normalized spacial score (nSPS) is 26.6. The summed E-state index contributed by atoms with van der Waals surface area (Å²) in [4.78, 5) is 11.2. The quantitative estimate of drug-likeness (QED) is 0.410. The van der Waals surface area contributed by atoms with Gasteiger partial charge in [-0.05, 0) is 19.8 Å². The second-order valence-corrected chi connectivity index (χ2v) is 4.54. The minimum absolute atomic E-state index is 0.0115. The number of hydrogen-bond acceptors (Lipinski definition) is 3. The van der Waals surface area contributed by atoms with Crippen molar-refractivity contribution in [1.82, 2.24) is 0 Å². The first-order chi connectivity index (χ1) is 6.63. The number of hydrogen-bond donors (Lipinski definition) is 0. The maximum absolute atomic E-state index is 11.2. The summed E-state index contributed by atoms with van der Waals surface area (Å²) in [7, 11) is 0. The highest BCUT2D eigenvalue weighted by Crippen LogP contribution is 2.22. The van der Waals surface area contributed by atoms with E-state index in [0.717, 1.165) is 25.7 Å². The lowest BCUT2D eigenvalue weighted by Gasteiger charge is -2.21. The highest BCUT2D eigenvalue weighted by molar-refractivity contribution is 7.66. The molecule has 0 unspecified atom stereocenters. The van der Waals surface area contributed by atoms with E-state index in [1.807, 2.05) is 0 Å². The zero-order chi connectivity index (χ0) is 10.6. The predicted octanol–water partition coefficient (Wildman–Crippen LogP) is 1.84. The smallest absolute Gasteiger partial charge is 0.459 e. The lowest BCUT2D eigenvalue weighted by Crippen LogP contribution is -2.26. The Labute approximate surface area is 88.0 Å². The first-order valence-electron chi connectivity index (χ1n) is 4.78. The SMILES string of the molecule is C=C(C)C(=O)OC1CCC([S+]=O)CC1. The van der Waals surface area contributed by atoms with Gasteiger partial charge in [0.05, 0.1) is 0 Å². The number of carbonyl (C=O) groups is 1. The van der Waals surface area contributed by atoms with Gasteiger partial charge in [0.25, 0.3) is 0 Å². The minimum atomic E-state index is -0.316. The number of rotatable bonds is 3. The van der Waals surface area contributed by atoms with Crippen LogP contribution in [0, 0.1) is 0 Å². The summed E-state index contributed by atoms with van der Waals surface area (Å²) in [6.45, 7) is 5.16. The first kappa shape index (κ1) is 11.3. The molecule has 1 saturated carbocycles. The predicted molar refractivity (Wildman–Crippen MR) is 55.0 cm³/mol. The van der Waals surface area contributed by atoms with E-state index < -0.39 is 0 Å². The molecular weight excluding hydrogens is 200 g/mol. The van der Waals surface area contributed by atoms with Crippen LogP contribution in [-0.2, 0) is 25.4 Å². The van der Waals surface area contributed by atoms with Crippen LogP contribution in [0.4, 0.5) is 0 Å². The lowest BCUT2D eigenvalue weighted by atomic mass is 9.97. The second kappa shape index (κ2) is 5.20. The molecule has 0 heterocycles. The third kappa shape index (κ3) is 3.18. The molecule has 0 N–H and O–H groups in total. The van der Waals surface area contributed by atoms with Crippen molar-refractivity contribution in [2.75, 3.05) is 0 Å². The van der Waals surface area contributed by atoms with Gasteiger partial charge in [-0.15, -0.1) is 0 Å². The Balaban J connectivity index is 2.32. The van der Waals surface area contributed by atoms with Gasteiger partial charge in [-0.1, -0.05) is 6.58 Å². The Hall–Kier alpha value is -0.770. The summed E-state index contributed by atoms with van der Waals surface area (Å²) >= 11 is 0.665. The highest BCUT2D eigenvalue weighted by atomic mass is 32.1. The number of ether oxygens (including phenoxy) is 1. The van der Waals surface area contributed by atoms with Crippen molar-refractivity contribution in [1.29, 1.82) is 0 Å². The van der Waals surface area contributed by atoms with Gasteiger partial charge in [-0.2, -0.15) is 0 Å². The van der Waals surface area contributed by atoms with Gasteiger partial charge in [-0.3, -0.25) is 0 Å². The lowest BCUT2D eigenvalue weighted by molar-refractivity contribution is -0.145. The molecule has 0 bridgehead atoms. The number of carbonyl (C=O) groups excluding carboxylic acids is 1. The molecule has 1 aliphatic carbocycles. The van der Waals surface area contributed by atoms with Crippen LogP contribution in [0.5, 0.6) is 0 Å². The van der Waals surface area contributed by atoms with Crippen molar-refractivity contribution >= 4 is 17.6 Å². The minimum Gasteiger partial charge on any atom is -0.459 e. The van der Waals surface area contributed by atoms with Crippen LogP contribution >= 0.6 is 0 Å². The van der Waals surface area contributed by atoms with Crippen molar-refractivity contribution < 1.29 is 13.7 Å². The fraction of sp³-hybridized carbons (Fsp3) is 0.700. The molecule has 0 radical (unpaired) electrons. The van der Waals surface area contributed by atoms with Crippen LogP contribution in [0.2, 0.25) is 0 Å². The molecule has 3 nitrogen and oxygen atoms in total. The van der Waals surface area contributed by atoms with Gasteiger partial charge >= 0.3 is 17.6 Å². The molecule has 0 aromatic heterocycles. The molecular formula is C10H15O3S+. The Morgan fingerprint density at radius 3 is 2.36 bits per heavy atom. The van der Waals surface area contributed by atoms with Crippen molar-refractivity contribution in [2.24, 2.45) is 0 Å². The molecule has 0 aromatic carbocycles. The van der Waals surface area contributed by atoms with Gasteiger partial charge in [0.2, 0.25) is 5.25 Å². The Morgan fingerprint density at radius 1 is 1.36 bits per heavy atom. The molecule has 1 aliphatic rings. The molecule has 78 valence electrons. The zero-order valence-electron chi connectivity index (χ0n) is 8.32. The van der Waals surface area contributed by atoms with Gasteiger partial charge in [-0.25, -0.2) is 4.79 Å². The van der Waals surface area contributed by atoms with E-state index in [4.69, 9.17) is 4.74 Å². The standard InChI is InChI=1S/C10H15O3S/c1-7(2)10(11)13-8-3-5-9(14-12)6-4-8/h8-9H,1,3-6H2,2H3/q+1. The van der Waals surface area contributed by atoms with Gasteiger partial charge < -0.3 is 4.74 Å². The van der Waals surface area contributed by atoms with E-state index in [1.54, 1.807) is 6.92 Å². The maximum atomic E-state index is 11.2. The molecule has 14 heavy (non-hydrogen) atoms. The second-order valence-electron chi connectivity index (χ2n) is 3.68. The van der Waals surface area contributed by atoms with Crippen LogP contribution in [-0.4, -0.2) is 17.3 Å². The van der Waals surface area contributed by atoms with Crippen molar-refractivity contribution in [3.05, 3.63) is 12.2 Å². The molecule has 1 rings (SSSR count). The van der Waals surface area contributed by atoms with E-state index in [2.05, 4.69) is 6.58 Å². The summed E-state index contributed by atoms with van der Waals surface area (Å²) < 4.78 is 15.7. The fourth-order valence-electron chi connectivity index (χ4n) is 1.50. The van der Waals surface area contributed by atoms with E-state index in [0.29, 0.717) is 17.2 Å². The third-order valence-electron chi connectivity index (χ3n) is 2.38. The van der Waals surface area contributed by atoms with E-state index >= 15 is 0 Å². The topological polar surface area (TPSA) is 43.4 Å². The Bertz CT molecular complexity index is 242.